The Hall–Kier alpha value is -2.38. The van der Waals surface area contributed by atoms with E-state index in [1.807, 2.05) is 0 Å². The van der Waals surface area contributed by atoms with Gasteiger partial charge in [0.1, 0.15) is 11.4 Å². The van der Waals surface area contributed by atoms with E-state index in [9.17, 15) is 22.4 Å². The average molecular weight is 316 g/mol. The van der Waals surface area contributed by atoms with Crippen LogP contribution in [0, 0.1) is 5.82 Å². The highest BCUT2D eigenvalue weighted by Gasteiger charge is 2.36. The third-order valence-electron chi connectivity index (χ3n) is 3.00. The van der Waals surface area contributed by atoms with Gasteiger partial charge in [-0.1, -0.05) is 6.92 Å². The molecule has 1 heterocycles. The van der Waals surface area contributed by atoms with Gasteiger partial charge >= 0.3 is 12.1 Å². The van der Waals surface area contributed by atoms with Crippen molar-refractivity contribution in [2.24, 2.45) is 0 Å². The molecule has 1 N–H and O–H groups in total. The second-order valence-corrected chi connectivity index (χ2v) is 4.66. The zero-order valence-corrected chi connectivity index (χ0v) is 11.5. The topological polar surface area (TPSA) is 55.1 Å². The lowest BCUT2D eigenvalue weighted by Gasteiger charge is -2.12. The van der Waals surface area contributed by atoms with Gasteiger partial charge in [-0.15, -0.1) is 0 Å². The number of benzene rings is 1. The van der Waals surface area contributed by atoms with Crippen molar-refractivity contribution in [1.82, 2.24) is 9.78 Å². The van der Waals surface area contributed by atoms with E-state index in [1.165, 1.54) is 0 Å². The lowest BCUT2D eigenvalue weighted by Crippen LogP contribution is -2.09. The van der Waals surface area contributed by atoms with Gasteiger partial charge in [-0.3, -0.25) is 4.68 Å². The number of rotatable bonds is 4. The Labute approximate surface area is 123 Å². The quantitative estimate of drug-likeness (QED) is 0.873. The van der Waals surface area contributed by atoms with Gasteiger partial charge in [-0.2, -0.15) is 18.3 Å². The summed E-state index contributed by atoms with van der Waals surface area (Å²) < 4.78 is 53.9. The molecule has 0 aliphatic carbocycles. The lowest BCUT2D eigenvalue weighted by molar-refractivity contribution is -0.137. The number of alkyl halides is 3. The van der Waals surface area contributed by atoms with Crippen molar-refractivity contribution in [1.29, 1.82) is 0 Å². The Morgan fingerprint density at radius 3 is 2.55 bits per heavy atom. The van der Waals surface area contributed by atoms with Gasteiger partial charge in [0.15, 0.2) is 0 Å². The van der Waals surface area contributed by atoms with Crippen molar-refractivity contribution >= 4 is 5.97 Å². The third-order valence-corrected chi connectivity index (χ3v) is 3.00. The van der Waals surface area contributed by atoms with Crippen molar-refractivity contribution in [3.05, 3.63) is 41.3 Å². The van der Waals surface area contributed by atoms with Crippen molar-refractivity contribution in [3.63, 3.8) is 0 Å². The van der Waals surface area contributed by atoms with Crippen molar-refractivity contribution in [2.75, 3.05) is 0 Å². The molecule has 2 rings (SSSR count). The minimum absolute atomic E-state index is 0.171. The molecule has 0 saturated carbocycles. The summed E-state index contributed by atoms with van der Waals surface area (Å²) in [5.41, 5.74) is -1.96. The van der Waals surface area contributed by atoms with Crippen LogP contribution in [0.5, 0.6) is 0 Å². The number of aryl methyl sites for hydroxylation is 1. The first-order valence-corrected chi connectivity index (χ1v) is 6.41. The Morgan fingerprint density at radius 2 is 2.00 bits per heavy atom. The number of nitrogens with zero attached hydrogens (tertiary/aromatic N) is 2. The summed E-state index contributed by atoms with van der Waals surface area (Å²) in [4.78, 5) is 11.0. The fraction of sp³-hybridized carbons (Fsp3) is 0.286. The predicted octanol–water partition coefficient (Wildman–Crippen LogP) is 3.82. The zero-order chi connectivity index (χ0) is 16.5. The second kappa shape index (κ2) is 5.78. The van der Waals surface area contributed by atoms with Gasteiger partial charge < -0.3 is 5.11 Å². The zero-order valence-electron chi connectivity index (χ0n) is 11.5. The van der Waals surface area contributed by atoms with Crippen LogP contribution in [0.25, 0.3) is 11.3 Å². The van der Waals surface area contributed by atoms with Crippen molar-refractivity contribution < 1.29 is 27.5 Å². The van der Waals surface area contributed by atoms with E-state index >= 15 is 0 Å². The molecule has 0 fully saturated rings. The summed E-state index contributed by atoms with van der Waals surface area (Å²) in [6, 6.07) is 2.62. The van der Waals surface area contributed by atoms with Crippen LogP contribution >= 0.6 is 0 Å². The summed E-state index contributed by atoms with van der Waals surface area (Å²) in [6.07, 6.45) is -3.49. The van der Waals surface area contributed by atoms with E-state index in [0.717, 1.165) is 22.9 Å². The number of aromatic carboxylic acids is 1. The summed E-state index contributed by atoms with van der Waals surface area (Å²) in [6.45, 7) is 1.96. The highest BCUT2D eigenvalue weighted by molar-refractivity contribution is 5.89. The van der Waals surface area contributed by atoms with Gasteiger partial charge in [0.2, 0.25) is 0 Å². The second-order valence-electron chi connectivity index (χ2n) is 4.66. The number of aromatic nitrogens is 2. The van der Waals surface area contributed by atoms with Gasteiger partial charge in [0, 0.05) is 12.1 Å². The first-order chi connectivity index (χ1) is 10.2. The first kappa shape index (κ1) is 16.0. The number of halogens is 4. The molecule has 1 aromatic carbocycles. The average Bonchev–Trinajstić information content (AvgIpc) is 2.82. The van der Waals surface area contributed by atoms with Crippen LogP contribution < -0.4 is 0 Å². The molecule has 2 aromatic rings. The fourth-order valence-electron chi connectivity index (χ4n) is 2.13. The maximum absolute atomic E-state index is 13.6. The van der Waals surface area contributed by atoms with Crippen LogP contribution in [-0.4, -0.2) is 20.9 Å². The lowest BCUT2D eigenvalue weighted by atomic mass is 10.0. The number of hydrogen-bond acceptors (Lipinski definition) is 2. The number of hydrogen-bond donors (Lipinski definition) is 1. The van der Waals surface area contributed by atoms with Gasteiger partial charge in [-0.05, 0) is 24.6 Å². The molecule has 22 heavy (non-hydrogen) atoms. The number of carbonyl (C=O) groups is 1. The molecule has 0 amide bonds. The summed E-state index contributed by atoms with van der Waals surface area (Å²) in [7, 11) is 0. The van der Waals surface area contributed by atoms with E-state index in [0.29, 0.717) is 12.6 Å². The van der Waals surface area contributed by atoms with E-state index in [-0.39, 0.29) is 17.8 Å². The summed E-state index contributed by atoms with van der Waals surface area (Å²) >= 11 is 0. The Morgan fingerprint density at radius 1 is 1.32 bits per heavy atom. The molecule has 0 aliphatic heterocycles. The SMILES string of the molecule is CCCn1ncc(C(F)(F)F)c1-c1cc(F)cc(C(=O)O)c1. The maximum Gasteiger partial charge on any atom is 0.420 e. The molecule has 4 nitrogen and oxygen atoms in total. The Kier molecular flexibility index (Phi) is 4.20. The van der Waals surface area contributed by atoms with Crippen LogP contribution in [-0.2, 0) is 12.7 Å². The molecule has 0 spiro atoms. The minimum atomic E-state index is -4.67. The number of carboxylic acids is 1. The number of carboxylic acid groups (broad SMARTS) is 1. The highest BCUT2D eigenvalue weighted by Crippen LogP contribution is 2.37. The molecule has 1 aromatic heterocycles. The smallest absolute Gasteiger partial charge is 0.420 e. The first-order valence-electron chi connectivity index (χ1n) is 6.41. The normalized spacial score (nSPS) is 11.7. The Bertz CT molecular complexity index is 707. The van der Waals surface area contributed by atoms with E-state index in [4.69, 9.17) is 5.11 Å². The minimum Gasteiger partial charge on any atom is -0.478 e. The van der Waals surface area contributed by atoms with E-state index in [2.05, 4.69) is 5.10 Å². The highest BCUT2D eigenvalue weighted by atomic mass is 19.4. The van der Waals surface area contributed by atoms with Crippen molar-refractivity contribution in [3.8, 4) is 11.3 Å². The molecular formula is C14H12F4N2O2. The standard InChI is InChI=1S/C14H12F4N2O2/c1-2-3-20-12(11(7-19-20)14(16,17)18)8-4-9(13(21)22)6-10(15)5-8/h4-7H,2-3H2,1H3,(H,21,22). The predicted molar refractivity (Wildman–Crippen MR) is 69.9 cm³/mol. The molecule has 0 bridgehead atoms. The van der Waals surface area contributed by atoms with Crippen LogP contribution in [0.3, 0.4) is 0 Å². The van der Waals surface area contributed by atoms with Crippen LogP contribution in [0.2, 0.25) is 0 Å². The van der Waals surface area contributed by atoms with E-state index < -0.39 is 29.1 Å². The molecular weight excluding hydrogens is 304 g/mol. The van der Waals surface area contributed by atoms with Crippen LogP contribution in [0.15, 0.2) is 24.4 Å². The monoisotopic (exact) mass is 316 g/mol. The summed E-state index contributed by atoms with van der Waals surface area (Å²) in [5, 5.41) is 12.6. The van der Waals surface area contributed by atoms with Gasteiger partial charge in [0.25, 0.3) is 0 Å². The van der Waals surface area contributed by atoms with Crippen LogP contribution in [0.1, 0.15) is 29.3 Å². The molecule has 0 radical (unpaired) electrons. The summed E-state index contributed by atoms with van der Waals surface area (Å²) in [5.74, 6) is -2.34. The third kappa shape index (κ3) is 3.10. The molecule has 0 saturated heterocycles. The fourth-order valence-corrected chi connectivity index (χ4v) is 2.13. The van der Waals surface area contributed by atoms with E-state index in [1.54, 1.807) is 6.92 Å². The molecule has 118 valence electrons. The maximum atomic E-state index is 13.6. The molecule has 8 heteroatoms. The van der Waals surface area contributed by atoms with Gasteiger partial charge in [0.05, 0.1) is 17.5 Å². The molecule has 0 atom stereocenters. The van der Waals surface area contributed by atoms with Crippen molar-refractivity contribution in [2.45, 2.75) is 26.1 Å². The van der Waals surface area contributed by atoms with Crippen LogP contribution in [0.4, 0.5) is 17.6 Å². The molecule has 0 unspecified atom stereocenters. The Balaban J connectivity index is 2.69. The van der Waals surface area contributed by atoms with Gasteiger partial charge in [-0.25, -0.2) is 9.18 Å². The largest absolute Gasteiger partial charge is 0.478 e. The molecule has 0 aliphatic rings.